The van der Waals surface area contributed by atoms with Crippen molar-refractivity contribution >= 4 is 21.6 Å². The quantitative estimate of drug-likeness (QED) is 0.469. The molecule has 0 fully saturated rings. The van der Waals surface area contributed by atoms with E-state index in [2.05, 4.69) is 5.32 Å². The molecule has 174 valence electrons. The molecule has 0 saturated carbocycles. The molecule has 3 rings (SSSR count). The maximum absolute atomic E-state index is 13.5. The molecule has 3 aromatic carbocycles. The second kappa shape index (κ2) is 11.0. The van der Waals surface area contributed by atoms with Crippen LogP contribution in [-0.2, 0) is 21.2 Å². The monoisotopic (exact) mass is 466 g/mol. The van der Waals surface area contributed by atoms with Crippen molar-refractivity contribution in [2.45, 2.75) is 38.1 Å². The van der Waals surface area contributed by atoms with E-state index in [9.17, 15) is 13.2 Å². The van der Waals surface area contributed by atoms with E-state index < -0.39 is 10.0 Å². The zero-order chi connectivity index (χ0) is 23.8. The number of hydrogen-bond acceptors (Lipinski definition) is 4. The van der Waals surface area contributed by atoms with E-state index in [1.54, 1.807) is 30.3 Å². The molecule has 0 heterocycles. The van der Waals surface area contributed by atoms with Crippen LogP contribution in [0, 0.1) is 0 Å². The van der Waals surface area contributed by atoms with Crippen molar-refractivity contribution in [3.05, 3.63) is 90.0 Å². The average molecular weight is 467 g/mol. The molecule has 0 spiro atoms. The maximum Gasteiger partial charge on any atom is 0.264 e. The minimum atomic E-state index is -3.94. The lowest BCUT2D eigenvalue weighted by molar-refractivity contribution is -0.120. The average Bonchev–Trinajstić information content (AvgIpc) is 2.83. The summed E-state index contributed by atoms with van der Waals surface area (Å²) in [5, 5.41) is 2.92. The van der Waals surface area contributed by atoms with E-state index in [0.29, 0.717) is 18.7 Å². The molecule has 3 aromatic rings. The van der Waals surface area contributed by atoms with Crippen LogP contribution in [0.2, 0.25) is 0 Å². The van der Waals surface area contributed by atoms with Gasteiger partial charge in [0.05, 0.1) is 23.2 Å². The van der Waals surface area contributed by atoms with Gasteiger partial charge in [-0.15, -0.1) is 0 Å². The number of benzene rings is 3. The third kappa shape index (κ3) is 5.93. The van der Waals surface area contributed by atoms with Crippen LogP contribution in [0.4, 0.5) is 5.69 Å². The highest BCUT2D eigenvalue weighted by atomic mass is 32.2. The number of carbonyl (C=O) groups is 1. The molecule has 0 radical (unpaired) electrons. The van der Waals surface area contributed by atoms with Crippen molar-refractivity contribution in [2.24, 2.45) is 0 Å². The highest BCUT2D eigenvalue weighted by Crippen LogP contribution is 2.27. The summed E-state index contributed by atoms with van der Waals surface area (Å²) in [6.45, 7) is 6.00. The lowest BCUT2D eigenvalue weighted by Crippen LogP contribution is -2.42. The number of amides is 1. The fourth-order valence-corrected chi connectivity index (χ4v) is 5.07. The second-order valence-corrected chi connectivity index (χ2v) is 9.46. The number of rotatable bonds is 10. The summed E-state index contributed by atoms with van der Waals surface area (Å²) >= 11 is 0. The highest BCUT2D eigenvalue weighted by molar-refractivity contribution is 7.92. The Morgan fingerprint density at radius 1 is 0.939 bits per heavy atom. The molecule has 6 nitrogen and oxygen atoms in total. The Labute approximate surface area is 196 Å². The number of nitrogens with one attached hydrogen (secondary N) is 1. The molecule has 0 aromatic heterocycles. The fraction of sp³-hybridized carbons (Fsp3) is 0.269. The van der Waals surface area contributed by atoms with E-state index in [1.807, 2.05) is 57.2 Å². The van der Waals surface area contributed by atoms with Crippen LogP contribution in [0.25, 0.3) is 0 Å². The Balaban J connectivity index is 1.86. The predicted molar refractivity (Wildman–Crippen MR) is 131 cm³/mol. The van der Waals surface area contributed by atoms with E-state index in [1.165, 1.54) is 16.4 Å². The van der Waals surface area contributed by atoms with Crippen LogP contribution < -0.4 is 14.4 Å². The molecule has 1 amide bonds. The lowest BCUT2D eigenvalue weighted by atomic mass is 10.1. The number of anilines is 1. The van der Waals surface area contributed by atoms with E-state index in [-0.39, 0.29) is 23.4 Å². The third-order valence-corrected chi connectivity index (χ3v) is 7.10. The van der Waals surface area contributed by atoms with Crippen LogP contribution >= 0.6 is 0 Å². The van der Waals surface area contributed by atoms with Gasteiger partial charge in [0.25, 0.3) is 10.0 Å². The molecule has 1 N–H and O–H groups in total. The summed E-state index contributed by atoms with van der Waals surface area (Å²) in [5.41, 5.74) is 2.26. The van der Waals surface area contributed by atoms with E-state index >= 15 is 0 Å². The zero-order valence-corrected chi connectivity index (χ0v) is 20.0. The van der Waals surface area contributed by atoms with Gasteiger partial charge in [-0.3, -0.25) is 9.10 Å². The summed E-state index contributed by atoms with van der Waals surface area (Å²) in [6, 6.07) is 22.6. The first-order valence-electron chi connectivity index (χ1n) is 11.0. The number of nitrogens with zero attached hydrogens (tertiary/aromatic N) is 1. The zero-order valence-electron chi connectivity index (χ0n) is 19.2. The summed E-state index contributed by atoms with van der Waals surface area (Å²) < 4.78 is 33.7. The van der Waals surface area contributed by atoms with Crippen molar-refractivity contribution in [1.82, 2.24) is 5.32 Å². The van der Waals surface area contributed by atoms with Gasteiger partial charge in [-0.1, -0.05) is 55.5 Å². The molecule has 0 aliphatic carbocycles. The Morgan fingerprint density at radius 3 is 2.21 bits per heavy atom. The standard InChI is InChI=1S/C26H30N2O4S/c1-4-21-11-9-10-14-25(21)28(33(30,31)24-12-7-6-8-13-24)19-26(29)27-20(3)22-15-17-23(18-16-22)32-5-2/h6-18,20H,4-5,19H2,1-3H3,(H,27,29). The molecule has 0 saturated heterocycles. The van der Waals surface area contributed by atoms with Crippen LogP contribution in [0.3, 0.4) is 0 Å². The Morgan fingerprint density at radius 2 is 1.58 bits per heavy atom. The fourth-order valence-electron chi connectivity index (χ4n) is 3.59. The normalized spacial score (nSPS) is 12.1. The van der Waals surface area contributed by atoms with Gasteiger partial charge in [-0.25, -0.2) is 8.42 Å². The van der Waals surface area contributed by atoms with Gasteiger partial charge in [0, 0.05) is 0 Å². The van der Waals surface area contributed by atoms with Crippen LogP contribution in [0.15, 0.2) is 83.8 Å². The number of para-hydroxylation sites is 1. The highest BCUT2D eigenvalue weighted by Gasteiger charge is 2.28. The van der Waals surface area contributed by atoms with Crippen molar-refractivity contribution in [2.75, 3.05) is 17.5 Å². The van der Waals surface area contributed by atoms with E-state index in [0.717, 1.165) is 16.9 Å². The summed E-state index contributed by atoms with van der Waals surface area (Å²) in [4.78, 5) is 13.2. The molecular formula is C26H30N2O4S. The molecule has 1 atom stereocenters. The number of carbonyl (C=O) groups excluding carboxylic acids is 1. The molecule has 7 heteroatoms. The molecule has 1 unspecified atom stereocenters. The van der Waals surface area contributed by atoms with Crippen LogP contribution in [-0.4, -0.2) is 27.5 Å². The smallest absolute Gasteiger partial charge is 0.264 e. The number of ether oxygens (including phenoxy) is 1. The minimum Gasteiger partial charge on any atom is -0.494 e. The Kier molecular flexibility index (Phi) is 8.11. The van der Waals surface area contributed by atoms with Crippen molar-refractivity contribution in [1.29, 1.82) is 0 Å². The maximum atomic E-state index is 13.5. The summed E-state index contributed by atoms with van der Waals surface area (Å²) in [6.07, 6.45) is 0.640. The number of hydrogen-bond donors (Lipinski definition) is 1. The van der Waals surface area contributed by atoms with Gasteiger partial charge in [0.15, 0.2) is 0 Å². The first kappa shape index (κ1) is 24.3. The van der Waals surface area contributed by atoms with Gasteiger partial charge < -0.3 is 10.1 Å². The largest absolute Gasteiger partial charge is 0.494 e. The van der Waals surface area contributed by atoms with Crippen molar-refractivity contribution in [3.63, 3.8) is 0 Å². The molecular weight excluding hydrogens is 436 g/mol. The van der Waals surface area contributed by atoms with Gasteiger partial charge in [0.2, 0.25) is 5.91 Å². The molecule has 0 bridgehead atoms. The third-order valence-electron chi connectivity index (χ3n) is 5.33. The number of sulfonamides is 1. The first-order valence-corrected chi connectivity index (χ1v) is 12.5. The van der Waals surface area contributed by atoms with Gasteiger partial charge in [0.1, 0.15) is 12.3 Å². The SMILES string of the molecule is CCOc1ccc(C(C)NC(=O)CN(c2ccccc2CC)S(=O)(=O)c2ccccc2)cc1. The Bertz CT molecular complexity index is 1160. The van der Waals surface area contributed by atoms with Gasteiger partial charge >= 0.3 is 0 Å². The topological polar surface area (TPSA) is 75.7 Å². The first-order chi connectivity index (χ1) is 15.9. The van der Waals surface area contributed by atoms with Gasteiger partial charge in [-0.2, -0.15) is 0 Å². The second-order valence-electron chi connectivity index (χ2n) is 7.60. The van der Waals surface area contributed by atoms with Crippen LogP contribution in [0.1, 0.15) is 37.9 Å². The van der Waals surface area contributed by atoms with Crippen molar-refractivity contribution in [3.8, 4) is 5.75 Å². The molecule has 0 aliphatic rings. The predicted octanol–water partition coefficient (Wildman–Crippen LogP) is 4.72. The van der Waals surface area contributed by atoms with E-state index in [4.69, 9.17) is 4.74 Å². The summed E-state index contributed by atoms with van der Waals surface area (Å²) in [7, 11) is -3.94. The molecule has 33 heavy (non-hydrogen) atoms. The van der Waals surface area contributed by atoms with Crippen LogP contribution in [0.5, 0.6) is 5.75 Å². The van der Waals surface area contributed by atoms with Crippen molar-refractivity contribution < 1.29 is 17.9 Å². The minimum absolute atomic E-state index is 0.142. The molecule has 0 aliphatic heterocycles. The summed E-state index contributed by atoms with van der Waals surface area (Å²) in [5.74, 6) is 0.373. The van der Waals surface area contributed by atoms with Gasteiger partial charge in [-0.05, 0) is 61.7 Å². The number of aryl methyl sites for hydroxylation is 1. The lowest BCUT2D eigenvalue weighted by Gasteiger charge is -2.27. The Hall–Kier alpha value is -3.32.